The Morgan fingerprint density at radius 1 is 0.393 bits per heavy atom. The number of nitrogens with one attached hydrogen (secondary N) is 1. The van der Waals surface area contributed by atoms with Crippen LogP contribution in [-0.2, 0) is 33.2 Å². The highest BCUT2D eigenvalue weighted by Crippen LogP contribution is 2.33. The lowest BCUT2D eigenvalue weighted by molar-refractivity contribution is -0.379. The number of unbranched alkanes of at least 4 members (excludes halogenated alkanes) is 41. The van der Waals surface area contributed by atoms with E-state index in [9.17, 15) is 61.0 Å². The van der Waals surface area contributed by atoms with E-state index in [-0.39, 0.29) is 18.9 Å². The average molecular weight is 1280 g/mol. The Kier molecular flexibility index (Phi) is 48.5. The lowest BCUT2D eigenvalue weighted by Gasteiger charge is -2.48. The first-order valence-corrected chi connectivity index (χ1v) is 36.4. The topological polar surface area (TPSA) is 307 Å². The molecule has 3 fully saturated rings. The molecule has 0 bridgehead atoms. The van der Waals surface area contributed by atoms with Gasteiger partial charge in [-0.05, 0) is 19.3 Å². The second-order valence-corrected chi connectivity index (χ2v) is 26.4. The van der Waals surface area contributed by atoms with Crippen LogP contribution in [0.4, 0.5) is 0 Å². The summed E-state index contributed by atoms with van der Waals surface area (Å²) in [7, 11) is 0. The largest absolute Gasteiger partial charge is 0.394 e. The van der Waals surface area contributed by atoms with Gasteiger partial charge in [0.25, 0.3) is 0 Å². The highest BCUT2D eigenvalue weighted by molar-refractivity contribution is 5.76. The second-order valence-electron chi connectivity index (χ2n) is 26.4. The monoisotopic (exact) mass is 1280 g/mol. The van der Waals surface area contributed by atoms with Crippen molar-refractivity contribution in [3.8, 4) is 0 Å². The maximum atomic E-state index is 13.4. The van der Waals surface area contributed by atoms with Crippen LogP contribution >= 0.6 is 0 Å². The summed E-state index contributed by atoms with van der Waals surface area (Å²) in [6, 6.07) is -0.968. The third-order valence-electron chi connectivity index (χ3n) is 18.6. The first-order chi connectivity index (χ1) is 43.3. The number of hydrogen-bond donors (Lipinski definition) is 12. The molecule has 526 valence electrons. The van der Waals surface area contributed by atoms with E-state index in [2.05, 4.69) is 19.2 Å². The smallest absolute Gasteiger partial charge is 0.220 e. The zero-order valence-corrected chi connectivity index (χ0v) is 55.7. The standard InChI is InChI=1S/C70H133NO18/c1-3-5-7-9-11-13-15-17-18-19-20-21-22-23-24-25-26-27-28-29-30-31-32-33-34-36-38-40-42-44-46-48-58(76)71-53(54(75)47-45-43-41-39-37-35-16-14-12-10-8-6-4-2)52-84-68-64(82)61(79)66(56(50-73)86-68)89-70-65(83)62(80)67(57(51-74)87-70)88-69-63(81)60(78)59(77)55(49-72)85-69/h45,47,53-57,59-70,72-75,77-83H,3-44,46,48-52H2,1-2H3,(H,71,76)/b47-45+. The first kappa shape index (κ1) is 81.8. The molecule has 3 heterocycles. The van der Waals surface area contributed by atoms with Gasteiger partial charge in [-0.2, -0.15) is 0 Å². The molecule has 0 saturated carbocycles. The summed E-state index contributed by atoms with van der Waals surface area (Å²) < 4.78 is 34.3. The molecule has 19 heteroatoms. The van der Waals surface area contributed by atoms with Crippen molar-refractivity contribution in [2.75, 3.05) is 26.4 Å². The summed E-state index contributed by atoms with van der Waals surface area (Å²) in [4.78, 5) is 13.4. The van der Waals surface area contributed by atoms with Crippen LogP contribution in [0.1, 0.15) is 296 Å². The Balaban J connectivity index is 1.35. The van der Waals surface area contributed by atoms with E-state index in [4.69, 9.17) is 28.4 Å². The van der Waals surface area contributed by atoms with Crippen molar-refractivity contribution < 1.29 is 89.4 Å². The van der Waals surface area contributed by atoms with E-state index in [1.807, 2.05) is 6.08 Å². The van der Waals surface area contributed by atoms with Crippen LogP contribution in [0.3, 0.4) is 0 Å². The van der Waals surface area contributed by atoms with Crippen LogP contribution in [0, 0.1) is 0 Å². The van der Waals surface area contributed by atoms with Crippen LogP contribution in [0.2, 0.25) is 0 Å². The van der Waals surface area contributed by atoms with Gasteiger partial charge in [-0.3, -0.25) is 4.79 Å². The highest BCUT2D eigenvalue weighted by Gasteiger charge is 2.53. The normalized spacial score (nSPS) is 28.2. The minimum Gasteiger partial charge on any atom is -0.394 e. The fourth-order valence-corrected chi connectivity index (χ4v) is 12.7. The van der Waals surface area contributed by atoms with Gasteiger partial charge in [-0.1, -0.05) is 283 Å². The van der Waals surface area contributed by atoms with Crippen molar-refractivity contribution in [1.82, 2.24) is 5.32 Å². The maximum absolute atomic E-state index is 13.4. The van der Waals surface area contributed by atoms with Gasteiger partial charge in [-0.25, -0.2) is 0 Å². The number of aliphatic hydroxyl groups excluding tert-OH is 11. The molecule has 0 aromatic carbocycles. The summed E-state index contributed by atoms with van der Waals surface area (Å²) in [5.74, 6) is -0.270. The van der Waals surface area contributed by atoms with Crippen molar-refractivity contribution in [1.29, 1.82) is 0 Å². The molecule has 3 saturated heterocycles. The molecule has 89 heavy (non-hydrogen) atoms. The number of aliphatic hydroxyl groups is 11. The Bertz CT molecular complexity index is 1670. The molecule has 1 amide bonds. The average Bonchev–Trinajstić information content (AvgIpc) is 3.18. The lowest BCUT2D eigenvalue weighted by atomic mass is 9.96. The maximum Gasteiger partial charge on any atom is 0.220 e. The van der Waals surface area contributed by atoms with E-state index in [1.54, 1.807) is 6.08 Å². The van der Waals surface area contributed by atoms with E-state index in [0.29, 0.717) is 6.42 Å². The van der Waals surface area contributed by atoms with Gasteiger partial charge in [0.05, 0.1) is 38.6 Å². The Labute approximate surface area is 537 Å². The van der Waals surface area contributed by atoms with Crippen LogP contribution < -0.4 is 5.32 Å². The van der Waals surface area contributed by atoms with Crippen LogP contribution in [0.5, 0.6) is 0 Å². The van der Waals surface area contributed by atoms with Gasteiger partial charge >= 0.3 is 0 Å². The molecule has 19 nitrogen and oxygen atoms in total. The molecule has 17 atom stereocenters. The van der Waals surface area contributed by atoms with Crippen molar-refractivity contribution in [3.63, 3.8) is 0 Å². The molecular weight excluding hydrogens is 1140 g/mol. The summed E-state index contributed by atoms with van der Waals surface area (Å²) in [6.07, 6.45) is 32.2. The van der Waals surface area contributed by atoms with Gasteiger partial charge in [0.15, 0.2) is 18.9 Å². The fraction of sp³-hybridized carbons (Fsp3) is 0.957. The van der Waals surface area contributed by atoms with Gasteiger partial charge in [0, 0.05) is 6.42 Å². The molecule has 0 spiro atoms. The van der Waals surface area contributed by atoms with Crippen molar-refractivity contribution in [3.05, 3.63) is 12.2 Å². The minimum atomic E-state index is -1.98. The summed E-state index contributed by atoms with van der Waals surface area (Å²) >= 11 is 0. The SMILES string of the molecule is CCCCCCCCCCCCC/C=C/C(O)C(COC1OC(CO)C(OC2OC(CO)C(OC3OC(CO)C(O)C(O)C3O)C(O)C2O)C(O)C1O)NC(=O)CCCCCCCCCCCCCCCCCCCCCCCCCCCCCCCCC. The summed E-state index contributed by atoms with van der Waals surface area (Å²) in [5.41, 5.74) is 0. The van der Waals surface area contributed by atoms with E-state index in [1.165, 1.54) is 225 Å². The molecule has 3 aliphatic rings. The summed E-state index contributed by atoms with van der Waals surface area (Å²) in [6.45, 7) is 1.76. The van der Waals surface area contributed by atoms with Gasteiger partial charge in [-0.15, -0.1) is 0 Å². The quantitative estimate of drug-likeness (QED) is 0.0199. The second kappa shape index (κ2) is 52.8. The fourth-order valence-electron chi connectivity index (χ4n) is 12.7. The molecular formula is C70H133NO18. The number of carbonyl (C=O) groups excluding carboxylic acids is 1. The Morgan fingerprint density at radius 2 is 0.697 bits per heavy atom. The van der Waals surface area contributed by atoms with E-state index >= 15 is 0 Å². The third kappa shape index (κ3) is 34.7. The molecule has 0 radical (unpaired) electrons. The zero-order valence-electron chi connectivity index (χ0n) is 55.7. The van der Waals surface area contributed by atoms with Crippen LogP contribution in [-0.4, -0.2) is 193 Å². The molecule has 0 aliphatic carbocycles. The van der Waals surface area contributed by atoms with Gasteiger partial charge in [0.2, 0.25) is 5.91 Å². The number of rotatable bonds is 57. The Morgan fingerprint density at radius 3 is 1.06 bits per heavy atom. The number of allylic oxidation sites excluding steroid dienone is 1. The molecule has 0 aromatic rings. The molecule has 3 aliphatic heterocycles. The van der Waals surface area contributed by atoms with Gasteiger partial charge in [0.1, 0.15) is 73.2 Å². The van der Waals surface area contributed by atoms with Crippen molar-refractivity contribution in [2.45, 2.75) is 401 Å². The molecule has 12 N–H and O–H groups in total. The molecule has 3 rings (SSSR count). The number of ether oxygens (including phenoxy) is 6. The Hall–Kier alpha value is -1.47. The van der Waals surface area contributed by atoms with E-state index < -0.39 is 124 Å². The van der Waals surface area contributed by atoms with Crippen LogP contribution in [0.25, 0.3) is 0 Å². The lowest BCUT2D eigenvalue weighted by Crippen LogP contribution is -2.66. The predicted octanol–water partition coefficient (Wildman–Crippen LogP) is 10.1. The number of carbonyl (C=O) groups is 1. The van der Waals surface area contributed by atoms with Crippen molar-refractivity contribution >= 4 is 5.91 Å². The minimum absolute atomic E-state index is 0.250. The van der Waals surface area contributed by atoms with Gasteiger partial charge < -0.3 is 89.9 Å². The van der Waals surface area contributed by atoms with Crippen LogP contribution in [0.15, 0.2) is 12.2 Å². The summed E-state index contributed by atoms with van der Waals surface area (Å²) in [5, 5.41) is 120. The first-order valence-electron chi connectivity index (χ1n) is 36.4. The highest BCUT2D eigenvalue weighted by atomic mass is 16.8. The predicted molar refractivity (Wildman–Crippen MR) is 347 cm³/mol. The zero-order chi connectivity index (χ0) is 64.7. The third-order valence-corrected chi connectivity index (χ3v) is 18.6. The number of hydrogen-bond acceptors (Lipinski definition) is 18. The van der Waals surface area contributed by atoms with Crippen molar-refractivity contribution in [2.24, 2.45) is 0 Å². The van der Waals surface area contributed by atoms with E-state index in [0.717, 1.165) is 44.9 Å². The molecule has 17 unspecified atom stereocenters. The number of amides is 1. The molecule has 0 aromatic heterocycles.